The first-order chi connectivity index (χ1) is 8.63. The van der Waals surface area contributed by atoms with Crippen molar-refractivity contribution in [2.24, 2.45) is 5.41 Å². The van der Waals surface area contributed by atoms with Crippen molar-refractivity contribution in [2.45, 2.75) is 33.4 Å². The van der Waals surface area contributed by atoms with Crippen LogP contribution in [0.3, 0.4) is 0 Å². The molecule has 1 aromatic rings. The Kier molecular flexibility index (Phi) is 4.46. The third-order valence-corrected chi connectivity index (χ3v) is 2.65. The van der Waals surface area contributed by atoms with E-state index in [-0.39, 0.29) is 11.0 Å². The highest BCUT2D eigenvalue weighted by atomic mass is 19.4. The normalized spacial score (nSPS) is 12.1. The second-order valence-electron chi connectivity index (χ2n) is 5.61. The summed E-state index contributed by atoms with van der Waals surface area (Å²) in [5, 5.41) is 11.8. The smallest absolute Gasteiger partial charge is 0.385 e. The fourth-order valence-corrected chi connectivity index (χ4v) is 1.58. The molecule has 0 spiro atoms. The topological polar surface area (TPSA) is 35.8 Å². The van der Waals surface area contributed by atoms with Crippen molar-refractivity contribution >= 4 is 5.69 Å². The molecule has 0 saturated carbocycles. The quantitative estimate of drug-likeness (QED) is 0.882. The number of anilines is 1. The predicted octanol–water partition coefficient (Wildman–Crippen LogP) is 4.43. The minimum Gasteiger partial charge on any atom is -0.385 e. The highest BCUT2D eigenvalue weighted by Crippen LogP contribution is 2.33. The molecular formula is C14H17F3N2. The van der Waals surface area contributed by atoms with E-state index in [9.17, 15) is 13.2 Å². The molecule has 2 nitrogen and oxygen atoms in total. The summed E-state index contributed by atoms with van der Waals surface area (Å²) in [4.78, 5) is 0. The lowest BCUT2D eigenvalue weighted by Gasteiger charge is -2.19. The molecule has 104 valence electrons. The molecule has 1 N–H and O–H groups in total. The van der Waals surface area contributed by atoms with Crippen LogP contribution in [0.1, 0.15) is 38.3 Å². The van der Waals surface area contributed by atoms with Gasteiger partial charge in [-0.3, -0.25) is 0 Å². The van der Waals surface area contributed by atoms with Crippen LogP contribution in [-0.2, 0) is 6.18 Å². The molecular weight excluding hydrogens is 253 g/mol. The summed E-state index contributed by atoms with van der Waals surface area (Å²) < 4.78 is 37.8. The van der Waals surface area contributed by atoms with Crippen LogP contribution in [0, 0.1) is 16.7 Å². The van der Waals surface area contributed by atoms with Gasteiger partial charge in [0.15, 0.2) is 0 Å². The average molecular weight is 270 g/mol. The van der Waals surface area contributed by atoms with E-state index in [1.54, 1.807) is 6.07 Å². The zero-order valence-corrected chi connectivity index (χ0v) is 11.2. The molecule has 19 heavy (non-hydrogen) atoms. The molecule has 0 aliphatic carbocycles. The number of hydrogen-bond donors (Lipinski definition) is 1. The maximum Gasteiger partial charge on any atom is 0.417 e. The lowest BCUT2D eigenvalue weighted by atomic mass is 9.92. The van der Waals surface area contributed by atoms with E-state index in [2.05, 4.69) is 26.1 Å². The first kappa shape index (κ1) is 15.4. The van der Waals surface area contributed by atoms with Gasteiger partial charge in [-0.05, 0) is 30.0 Å². The average Bonchev–Trinajstić information content (AvgIpc) is 2.25. The summed E-state index contributed by atoms with van der Waals surface area (Å²) in [6, 6.07) is 5.13. The Hall–Kier alpha value is -1.70. The summed E-state index contributed by atoms with van der Waals surface area (Å²) in [6.45, 7) is 6.91. The molecule has 0 bridgehead atoms. The minimum absolute atomic E-state index is 0.150. The van der Waals surface area contributed by atoms with Crippen LogP contribution in [0.2, 0.25) is 0 Å². The molecule has 0 heterocycles. The van der Waals surface area contributed by atoms with Gasteiger partial charge in [0, 0.05) is 12.2 Å². The molecule has 0 radical (unpaired) electrons. The summed E-state index contributed by atoms with van der Waals surface area (Å²) in [7, 11) is 0. The van der Waals surface area contributed by atoms with Gasteiger partial charge in [0.05, 0.1) is 17.2 Å². The molecule has 0 unspecified atom stereocenters. The Morgan fingerprint density at radius 3 is 2.32 bits per heavy atom. The van der Waals surface area contributed by atoms with Crippen LogP contribution in [-0.4, -0.2) is 6.54 Å². The molecule has 0 aliphatic heterocycles. The number of rotatable bonds is 3. The van der Waals surface area contributed by atoms with E-state index in [0.29, 0.717) is 12.2 Å². The van der Waals surface area contributed by atoms with Gasteiger partial charge >= 0.3 is 6.18 Å². The SMILES string of the molecule is CC(C)(C)CCNc1ccc(C(F)(F)F)c(C#N)c1. The molecule has 0 aliphatic rings. The molecule has 1 aromatic carbocycles. The number of nitriles is 1. The number of hydrogen-bond acceptors (Lipinski definition) is 2. The van der Waals surface area contributed by atoms with Crippen molar-refractivity contribution in [3.05, 3.63) is 29.3 Å². The van der Waals surface area contributed by atoms with Crippen LogP contribution >= 0.6 is 0 Å². The van der Waals surface area contributed by atoms with Crippen molar-refractivity contribution in [1.82, 2.24) is 0 Å². The van der Waals surface area contributed by atoms with E-state index in [1.807, 2.05) is 0 Å². The van der Waals surface area contributed by atoms with Gasteiger partial charge in [-0.25, -0.2) is 0 Å². The summed E-state index contributed by atoms with van der Waals surface area (Å²) in [5.41, 5.74) is -0.560. The summed E-state index contributed by atoms with van der Waals surface area (Å²) in [6.07, 6.45) is -3.61. The highest BCUT2D eigenvalue weighted by Gasteiger charge is 2.33. The molecule has 0 aromatic heterocycles. The molecule has 0 amide bonds. The Morgan fingerprint density at radius 1 is 1.21 bits per heavy atom. The van der Waals surface area contributed by atoms with Crippen LogP contribution in [0.15, 0.2) is 18.2 Å². The first-order valence-electron chi connectivity index (χ1n) is 5.99. The molecule has 0 atom stereocenters. The molecule has 1 rings (SSSR count). The van der Waals surface area contributed by atoms with Crippen molar-refractivity contribution < 1.29 is 13.2 Å². The fraction of sp³-hybridized carbons (Fsp3) is 0.500. The first-order valence-corrected chi connectivity index (χ1v) is 5.99. The number of nitrogens with zero attached hydrogens (tertiary/aromatic N) is 1. The highest BCUT2D eigenvalue weighted by molar-refractivity contribution is 5.53. The lowest BCUT2D eigenvalue weighted by molar-refractivity contribution is -0.137. The van der Waals surface area contributed by atoms with Crippen molar-refractivity contribution in [3.63, 3.8) is 0 Å². The molecule has 0 fully saturated rings. The van der Waals surface area contributed by atoms with Gasteiger partial charge in [0.25, 0.3) is 0 Å². The second-order valence-corrected chi connectivity index (χ2v) is 5.61. The zero-order chi connectivity index (χ0) is 14.7. The number of benzene rings is 1. The van der Waals surface area contributed by atoms with Crippen LogP contribution in [0.25, 0.3) is 0 Å². The van der Waals surface area contributed by atoms with Gasteiger partial charge in [-0.1, -0.05) is 20.8 Å². The summed E-state index contributed by atoms with van der Waals surface area (Å²) >= 11 is 0. The summed E-state index contributed by atoms with van der Waals surface area (Å²) in [5.74, 6) is 0. The molecule has 0 saturated heterocycles. The molecule has 5 heteroatoms. The van der Waals surface area contributed by atoms with E-state index < -0.39 is 11.7 Å². The van der Waals surface area contributed by atoms with E-state index in [1.165, 1.54) is 12.1 Å². The van der Waals surface area contributed by atoms with E-state index in [0.717, 1.165) is 12.5 Å². The Bertz CT molecular complexity index is 479. The largest absolute Gasteiger partial charge is 0.417 e. The van der Waals surface area contributed by atoms with Crippen molar-refractivity contribution in [2.75, 3.05) is 11.9 Å². The third-order valence-electron chi connectivity index (χ3n) is 2.65. The van der Waals surface area contributed by atoms with Gasteiger partial charge < -0.3 is 5.32 Å². The van der Waals surface area contributed by atoms with Crippen LogP contribution in [0.4, 0.5) is 18.9 Å². The lowest BCUT2D eigenvalue weighted by Crippen LogP contribution is -2.13. The standard InChI is InChI=1S/C14H17F3N2/c1-13(2,3)6-7-19-11-4-5-12(14(15,16)17)10(8-11)9-18/h4-5,8,19H,6-7H2,1-3H3. The van der Waals surface area contributed by atoms with Gasteiger partial charge in [0.1, 0.15) is 0 Å². The fourth-order valence-electron chi connectivity index (χ4n) is 1.58. The minimum atomic E-state index is -4.49. The van der Waals surface area contributed by atoms with E-state index in [4.69, 9.17) is 5.26 Å². The number of nitrogens with one attached hydrogen (secondary N) is 1. The van der Waals surface area contributed by atoms with Crippen LogP contribution in [0.5, 0.6) is 0 Å². The number of halogens is 3. The van der Waals surface area contributed by atoms with Gasteiger partial charge in [-0.15, -0.1) is 0 Å². The van der Waals surface area contributed by atoms with Crippen molar-refractivity contribution in [1.29, 1.82) is 5.26 Å². The monoisotopic (exact) mass is 270 g/mol. The van der Waals surface area contributed by atoms with Crippen LogP contribution < -0.4 is 5.32 Å². The van der Waals surface area contributed by atoms with Gasteiger partial charge in [-0.2, -0.15) is 18.4 Å². The van der Waals surface area contributed by atoms with Gasteiger partial charge in [0.2, 0.25) is 0 Å². The second kappa shape index (κ2) is 5.52. The predicted molar refractivity (Wildman–Crippen MR) is 68.7 cm³/mol. The Labute approximate surface area is 111 Å². The van der Waals surface area contributed by atoms with Crippen molar-refractivity contribution in [3.8, 4) is 6.07 Å². The zero-order valence-electron chi connectivity index (χ0n) is 11.2. The van der Waals surface area contributed by atoms with E-state index >= 15 is 0 Å². The maximum atomic E-state index is 12.6. The Balaban J connectivity index is 2.82. The maximum absolute atomic E-state index is 12.6. The third kappa shape index (κ3) is 4.82. The number of alkyl halides is 3. The Morgan fingerprint density at radius 2 is 1.84 bits per heavy atom.